The van der Waals surface area contributed by atoms with Gasteiger partial charge in [0.05, 0.1) is 12.1 Å². The molecule has 1 aliphatic rings. The van der Waals surface area contributed by atoms with Gasteiger partial charge in [-0.25, -0.2) is 4.90 Å². The van der Waals surface area contributed by atoms with Gasteiger partial charge >= 0.3 is 0 Å². The van der Waals surface area contributed by atoms with E-state index in [-0.39, 0.29) is 24.3 Å². The molecule has 112 valence electrons. The molecule has 2 aromatic carbocycles. The third-order valence-corrected chi connectivity index (χ3v) is 3.96. The maximum absolute atomic E-state index is 12.5. The molecule has 3 rings (SSSR count). The summed E-state index contributed by atoms with van der Waals surface area (Å²) in [6.07, 6.45) is 0.220. The van der Waals surface area contributed by atoms with Crippen molar-refractivity contribution in [2.75, 3.05) is 4.90 Å². The number of hydrogen-bond acceptors (Lipinski definition) is 2. The highest BCUT2D eigenvalue weighted by Crippen LogP contribution is 2.24. The summed E-state index contributed by atoms with van der Waals surface area (Å²) in [6.45, 7) is 0.675. The Morgan fingerprint density at radius 3 is 2.59 bits per heavy atom. The molecule has 4 nitrogen and oxygen atoms in total. The van der Waals surface area contributed by atoms with E-state index in [1.807, 2.05) is 35.6 Å². The number of anilines is 1. The van der Waals surface area contributed by atoms with Crippen molar-refractivity contribution in [3.8, 4) is 0 Å². The van der Waals surface area contributed by atoms with Crippen LogP contribution in [-0.2, 0) is 16.1 Å². The Morgan fingerprint density at radius 2 is 1.86 bits per heavy atom. The molecule has 5 heteroatoms. The first-order valence-electron chi connectivity index (χ1n) is 7.15. The summed E-state index contributed by atoms with van der Waals surface area (Å²) in [5.74, 6) is -0.357. The summed E-state index contributed by atoms with van der Waals surface area (Å²) >= 11 is 5.94. The zero-order valence-electron chi connectivity index (χ0n) is 11.9. The molecule has 0 bridgehead atoms. The second kappa shape index (κ2) is 6.30. The molecule has 1 fully saturated rings. The number of nitrogens with two attached hydrogens (primary N) is 1. The summed E-state index contributed by atoms with van der Waals surface area (Å²) in [4.78, 5) is 25.9. The molecule has 2 aromatic rings. The van der Waals surface area contributed by atoms with Crippen molar-refractivity contribution in [3.05, 3.63) is 65.2 Å². The van der Waals surface area contributed by atoms with E-state index >= 15 is 0 Å². The van der Waals surface area contributed by atoms with Gasteiger partial charge in [0.25, 0.3) is 5.91 Å². The summed E-state index contributed by atoms with van der Waals surface area (Å²) in [5, 5.41) is 2.43. The predicted molar refractivity (Wildman–Crippen MR) is 84.4 cm³/mol. The van der Waals surface area contributed by atoms with E-state index in [0.29, 0.717) is 17.3 Å². The Balaban J connectivity index is 1.71. The van der Waals surface area contributed by atoms with E-state index in [4.69, 9.17) is 11.6 Å². The minimum atomic E-state index is -0.369. The third-order valence-electron chi connectivity index (χ3n) is 3.73. The van der Waals surface area contributed by atoms with Crippen LogP contribution in [0.15, 0.2) is 54.6 Å². The van der Waals surface area contributed by atoms with Crippen molar-refractivity contribution < 1.29 is 14.9 Å². The van der Waals surface area contributed by atoms with Gasteiger partial charge in [-0.1, -0.05) is 48.0 Å². The van der Waals surface area contributed by atoms with Crippen LogP contribution < -0.4 is 10.2 Å². The molecular weight excluding hydrogens is 300 g/mol. The van der Waals surface area contributed by atoms with E-state index in [2.05, 4.69) is 0 Å². The van der Waals surface area contributed by atoms with Crippen molar-refractivity contribution in [2.45, 2.75) is 19.0 Å². The lowest BCUT2D eigenvalue weighted by atomic mass is 10.2. The quantitative estimate of drug-likeness (QED) is 0.874. The number of carbonyl (C=O) groups excluding carboxylic acids is 2. The molecule has 1 heterocycles. The number of imide groups is 1. The molecule has 1 aliphatic heterocycles. The second-order valence-electron chi connectivity index (χ2n) is 5.28. The van der Waals surface area contributed by atoms with E-state index in [1.54, 1.807) is 24.3 Å². The van der Waals surface area contributed by atoms with Gasteiger partial charge in [0.15, 0.2) is 6.04 Å². The van der Waals surface area contributed by atoms with Crippen molar-refractivity contribution in [3.63, 3.8) is 0 Å². The van der Waals surface area contributed by atoms with Crippen molar-refractivity contribution in [2.24, 2.45) is 0 Å². The molecule has 22 heavy (non-hydrogen) atoms. The monoisotopic (exact) mass is 315 g/mol. The number of quaternary nitrogens is 1. The summed E-state index contributed by atoms with van der Waals surface area (Å²) in [6, 6.07) is 16.3. The first-order chi connectivity index (χ1) is 10.6. The zero-order chi connectivity index (χ0) is 15.5. The van der Waals surface area contributed by atoms with Crippen LogP contribution in [0.5, 0.6) is 0 Å². The number of carbonyl (C=O) groups is 2. The largest absolute Gasteiger partial charge is 0.332 e. The average molecular weight is 316 g/mol. The summed E-state index contributed by atoms with van der Waals surface area (Å²) < 4.78 is 0. The lowest BCUT2D eigenvalue weighted by Gasteiger charge is -2.14. The van der Waals surface area contributed by atoms with Gasteiger partial charge in [-0.05, 0) is 18.2 Å². The van der Waals surface area contributed by atoms with Crippen molar-refractivity contribution in [1.82, 2.24) is 0 Å². The molecule has 0 unspecified atom stereocenters. The van der Waals surface area contributed by atoms with Gasteiger partial charge in [0.2, 0.25) is 5.91 Å². The van der Waals surface area contributed by atoms with Crippen molar-refractivity contribution >= 4 is 29.1 Å². The molecule has 0 aromatic heterocycles. The molecule has 1 saturated heterocycles. The Bertz CT molecular complexity index is 703. The SMILES string of the molecule is O=C1C[C@@H]([NH2+]Cc2ccccc2)C(=O)N1c1cccc(Cl)c1. The molecule has 1 atom stereocenters. The first kappa shape index (κ1) is 14.8. The van der Waals surface area contributed by atoms with Crippen LogP contribution in [0, 0.1) is 0 Å². The minimum absolute atomic E-state index is 0.178. The fourth-order valence-electron chi connectivity index (χ4n) is 2.62. The van der Waals surface area contributed by atoms with E-state index in [9.17, 15) is 9.59 Å². The number of halogens is 1. The smallest absolute Gasteiger partial charge is 0.292 e. The Hall–Kier alpha value is -2.17. The van der Waals surface area contributed by atoms with Gasteiger partial charge in [-0.3, -0.25) is 9.59 Å². The molecule has 0 spiro atoms. The minimum Gasteiger partial charge on any atom is -0.332 e. The lowest BCUT2D eigenvalue weighted by molar-refractivity contribution is -0.690. The molecule has 0 aliphatic carbocycles. The highest BCUT2D eigenvalue weighted by Gasteiger charge is 2.42. The van der Waals surface area contributed by atoms with E-state index < -0.39 is 0 Å². The summed E-state index contributed by atoms with van der Waals surface area (Å²) in [7, 11) is 0. The molecular formula is C17H16ClN2O2+. The second-order valence-corrected chi connectivity index (χ2v) is 5.72. The highest BCUT2D eigenvalue weighted by molar-refractivity contribution is 6.31. The normalized spacial score (nSPS) is 18.0. The molecule has 0 saturated carbocycles. The lowest BCUT2D eigenvalue weighted by Crippen LogP contribution is -2.90. The topological polar surface area (TPSA) is 54.0 Å². The maximum atomic E-state index is 12.5. The molecule has 0 radical (unpaired) electrons. The highest BCUT2D eigenvalue weighted by atomic mass is 35.5. The fraction of sp³-hybridized carbons (Fsp3) is 0.176. The maximum Gasteiger partial charge on any atom is 0.292 e. The van der Waals surface area contributed by atoms with Crippen LogP contribution in [0.1, 0.15) is 12.0 Å². The van der Waals surface area contributed by atoms with Crippen LogP contribution in [-0.4, -0.2) is 17.9 Å². The van der Waals surface area contributed by atoms with Gasteiger partial charge < -0.3 is 5.32 Å². The van der Waals surface area contributed by atoms with Crippen LogP contribution in [0.25, 0.3) is 0 Å². The van der Waals surface area contributed by atoms with E-state index in [0.717, 1.165) is 5.56 Å². The van der Waals surface area contributed by atoms with Crippen LogP contribution in [0.2, 0.25) is 5.02 Å². The Labute approximate surface area is 133 Å². The molecule has 2 amide bonds. The first-order valence-corrected chi connectivity index (χ1v) is 7.52. The van der Waals surface area contributed by atoms with E-state index in [1.165, 1.54) is 4.90 Å². The number of hydrogen-bond donors (Lipinski definition) is 1. The average Bonchev–Trinajstić information content (AvgIpc) is 2.80. The Morgan fingerprint density at radius 1 is 1.09 bits per heavy atom. The van der Waals surface area contributed by atoms with Crippen LogP contribution in [0.4, 0.5) is 5.69 Å². The standard InChI is InChI=1S/C17H15ClN2O2/c18-13-7-4-8-14(9-13)20-16(21)10-15(17(20)22)19-11-12-5-2-1-3-6-12/h1-9,15,19H,10-11H2/p+1/t15-/m1/s1. The predicted octanol–water partition coefficient (Wildman–Crippen LogP) is 1.74. The number of benzene rings is 2. The van der Waals surface area contributed by atoms with Gasteiger partial charge in [-0.2, -0.15) is 0 Å². The number of nitrogens with zero attached hydrogens (tertiary/aromatic N) is 1. The fourth-order valence-corrected chi connectivity index (χ4v) is 2.80. The van der Waals surface area contributed by atoms with Crippen LogP contribution in [0.3, 0.4) is 0 Å². The van der Waals surface area contributed by atoms with Crippen LogP contribution >= 0.6 is 11.6 Å². The summed E-state index contributed by atoms with van der Waals surface area (Å²) in [5.41, 5.74) is 1.67. The van der Waals surface area contributed by atoms with Crippen molar-refractivity contribution in [1.29, 1.82) is 0 Å². The van der Waals surface area contributed by atoms with Gasteiger partial charge in [0.1, 0.15) is 6.54 Å². The molecule has 2 N–H and O–H groups in total. The Kier molecular flexibility index (Phi) is 4.22. The zero-order valence-corrected chi connectivity index (χ0v) is 12.7. The van der Waals surface area contributed by atoms with Gasteiger partial charge in [-0.15, -0.1) is 0 Å². The number of amides is 2. The number of rotatable bonds is 4. The van der Waals surface area contributed by atoms with Gasteiger partial charge in [0, 0.05) is 10.6 Å². The third kappa shape index (κ3) is 3.03.